The zero-order chi connectivity index (χ0) is 16.8. The number of hydrogen-bond acceptors (Lipinski definition) is 3. The average Bonchev–Trinajstić information content (AvgIpc) is 2.93. The Morgan fingerprint density at radius 1 is 1.22 bits per heavy atom. The maximum absolute atomic E-state index is 12.7. The molecule has 1 heterocycles. The van der Waals surface area contributed by atoms with E-state index in [0.717, 1.165) is 24.8 Å². The molecule has 1 N–H and O–H groups in total. The summed E-state index contributed by atoms with van der Waals surface area (Å²) in [6, 6.07) is 3.87. The molecule has 1 aliphatic heterocycles. The summed E-state index contributed by atoms with van der Waals surface area (Å²) in [6.45, 7) is 5.61. The fourth-order valence-electron chi connectivity index (χ4n) is 3.88. The average molecular weight is 335 g/mol. The quantitative estimate of drug-likeness (QED) is 0.903. The first-order valence-corrected chi connectivity index (χ1v) is 10.0. The zero-order valence-electron chi connectivity index (χ0n) is 14.1. The van der Waals surface area contributed by atoms with Crippen LogP contribution >= 0.6 is 0 Å². The van der Waals surface area contributed by atoms with Crippen LogP contribution in [0.1, 0.15) is 60.2 Å². The largest absolute Gasteiger partial charge is 0.349 e. The summed E-state index contributed by atoms with van der Waals surface area (Å²) < 4.78 is 23.4. The highest BCUT2D eigenvalue weighted by molar-refractivity contribution is 7.92. The molecule has 1 aliphatic carbocycles. The molecule has 1 fully saturated rings. The molecular formula is C18H25NO3S. The van der Waals surface area contributed by atoms with Crippen LogP contribution in [0.2, 0.25) is 0 Å². The standard InChI is InChI=1S/C18H25NO3S/c1-12-7-8-16(15-6-4-5-14(12)15)17(20)19-13-9-10-23(21,22)18(2,3)11-13/h7-8,13H,4-6,9-11H2,1-3H3,(H,19,20)/t13-/m0/s1. The van der Waals surface area contributed by atoms with Crippen molar-refractivity contribution >= 4 is 15.7 Å². The van der Waals surface area contributed by atoms with E-state index >= 15 is 0 Å². The summed E-state index contributed by atoms with van der Waals surface area (Å²) in [5, 5.41) is 3.07. The molecule has 3 rings (SSSR count). The molecule has 1 atom stereocenters. The first-order valence-electron chi connectivity index (χ1n) is 8.36. The number of nitrogens with one attached hydrogen (secondary N) is 1. The van der Waals surface area contributed by atoms with Crippen LogP contribution in [0, 0.1) is 6.92 Å². The van der Waals surface area contributed by atoms with E-state index in [-0.39, 0.29) is 17.7 Å². The molecule has 0 saturated carbocycles. The van der Waals surface area contributed by atoms with Gasteiger partial charge in [0, 0.05) is 11.6 Å². The molecule has 0 unspecified atom stereocenters. The van der Waals surface area contributed by atoms with Gasteiger partial charge in [-0.05, 0) is 75.6 Å². The molecular weight excluding hydrogens is 310 g/mol. The maximum Gasteiger partial charge on any atom is 0.251 e. The zero-order valence-corrected chi connectivity index (χ0v) is 14.9. The Bertz CT molecular complexity index is 750. The lowest BCUT2D eigenvalue weighted by Gasteiger charge is -2.35. The van der Waals surface area contributed by atoms with Crippen LogP contribution in [0.4, 0.5) is 0 Å². The summed E-state index contributed by atoms with van der Waals surface area (Å²) in [4.78, 5) is 12.7. The Hall–Kier alpha value is -1.36. The van der Waals surface area contributed by atoms with E-state index < -0.39 is 14.6 Å². The fourth-order valence-corrected chi connectivity index (χ4v) is 5.48. The van der Waals surface area contributed by atoms with Crippen molar-refractivity contribution in [3.05, 3.63) is 34.4 Å². The monoisotopic (exact) mass is 335 g/mol. The Morgan fingerprint density at radius 3 is 2.61 bits per heavy atom. The number of aryl methyl sites for hydroxylation is 1. The lowest BCUT2D eigenvalue weighted by Crippen LogP contribution is -2.49. The van der Waals surface area contributed by atoms with Crippen molar-refractivity contribution in [3.63, 3.8) is 0 Å². The lowest BCUT2D eigenvalue weighted by atomic mass is 9.96. The van der Waals surface area contributed by atoms with Crippen LogP contribution in [-0.2, 0) is 22.7 Å². The highest BCUT2D eigenvalue weighted by Crippen LogP contribution is 2.31. The van der Waals surface area contributed by atoms with Crippen molar-refractivity contribution in [2.45, 2.75) is 63.7 Å². The van der Waals surface area contributed by atoms with Crippen LogP contribution < -0.4 is 5.32 Å². The van der Waals surface area contributed by atoms with Crippen LogP contribution in [0.15, 0.2) is 12.1 Å². The number of benzene rings is 1. The van der Waals surface area contributed by atoms with Gasteiger partial charge in [0.1, 0.15) is 0 Å². The van der Waals surface area contributed by atoms with Crippen molar-refractivity contribution in [2.24, 2.45) is 0 Å². The molecule has 23 heavy (non-hydrogen) atoms. The molecule has 2 aliphatic rings. The molecule has 1 aromatic rings. The van der Waals surface area contributed by atoms with Crippen LogP contribution in [0.5, 0.6) is 0 Å². The first-order chi connectivity index (χ1) is 10.7. The van der Waals surface area contributed by atoms with E-state index in [0.29, 0.717) is 12.8 Å². The van der Waals surface area contributed by atoms with E-state index in [1.807, 2.05) is 12.1 Å². The summed E-state index contributed by atoms with van der Waals surface area (Å²) >= 11 is 0. The number of carbonyl (C=O) groups is 1. The minimum Gasteiger partial charge on any atom is -0.349 e. The number of fused-ring (bicyclic) bond motifs is 1. The van der Waals surface area contributed by atoms with Gasteiger partial charge >= 0.3 is 0 Å². The maximum atomic E-state index is 12.7. The molecule has 1 amide bonds. The SMILES string of the molecule is Cc1ccc(C(=O)N[C@H]2CCS(=O)(=O)C(C)(C)C2)c2c1CCC2. The minimum absolute atomic E-state index is 0.0525. The van der Waals surface area contributed by atoms with Gasteiger partial charge in [-0.2, -0.15) is 0 Å². The highest BCUT2D eigenvalue weighted by atomic mass is 32.2. The van der Waals surface area contributed by atoms with Gasteiger partial charge in [0.2, 0.25) is 0 Å². The summed E-state index contributed by atoms with van der Waals surface area (Å²) in [5.41, 5.74) is 4.54. The predicted molar refractivity (Wildman–Crippen MR) is 91.6 cm³/mol. The Labute approximate surface area is 138 Å². The fraction of sp³-hybridized carbons (Fsp3) is 0.611. The topological polar surface area (TPSA) is 63.2 Å². The van der Waals surface area contributed by atoms with Gasteiger partial charge in [-0.3, -0.25) is 4.79 Å². The third-order valence-electron chi connectivity index (χ3n) is 5.41. The number of sulfone groups is 1. The van der Waals surface area contributed by atoms with Gasteiger partial charge in [-0.15, -0.1) is 0 Å². The van der Waals surface area contributed by atoms with E-state index in [1.54, 1.807) is 13.8 Å². The van der Waals surface area contributed by atoms with Crippen LogP contribution in [0.25, 0.3) is 0 Å². The van der Waals surface area contributed by atoms with Gasteiger partial charge < -0.3 is 5.32 Å². The summed E-state index contributed by atoms with van der Waals surface area (Å²) in [7, 11) is -3.06. The van der Waals surface area contributed by atoms with Gasteiger partial charge in [-0.25, -0.2) is 8.42 Å². The number of rotatable bonds is 2. The molecule has 0 bridgehead atoms. The van der Waals surface area contributed by atoms with Gasteiger partial charge in [-0.1, -0.05) is 6.07 Å². The second kappa shape index (κ2) is 5.62. The Balaban J connectivity index is 1.78. The number of hydrogen-bond donors (Lipinski definition) is 1. The summed E-state index contributed by atoms with van der Waals surface area (Å²) in [6.07, 6.45) is 4.11. The minimum atomic E-state index is -3.06. The highest BCUT2D eigenvalue weighted by Gasteiger charge is 2.41. The molecule has 0 radical (unpaired) electrons. The first kappa shape index (κ1) is 16.5. The molecule has 4 nitrogen and oxygen atoms in total. The molecule has 0 spiro atoms. The third kappa shape index (κ3) is 2.91. The van der Waals surface area contributed by atoms with E-state index in [9.17, 15) is 13.2 Å². The third-order valence-corrected chi connectivity index (χ3v) is 8.04. The predicted octanol–water partition coefficient (Wildman–Crippen LogP) is 2.57. The molecule has 1 aromatic carbocycles. The van der Waals surface area contributed by atoms with E-state index in [2.05, 4.69) is 12.2 Å². The summed E-state index contributed by atoms with van der Waals surface area (Å²) in [5.74, 6) is 0.0972. The van der Waals surface area contributed by atoms with Gasteiger partial charge in [0.05, 0.1) is 10.5 Å². The number of amides is 1. The lowest BCUT2D eigenvalue weighted by molar-refractivity contribution is 0.0929. The molecule has 126 valence electrons. The second-order valence-electron chi connectivity index (χ2n) is 7.48. The molecule has 5 heteroatoms. The van der Waals surface area contributed by atoms with Gasteiger partial charge in [0.25, 0.3) is 5.91 Å². The van der Waals surface area contributed by atoms with Gasteiger partial charge in [0.15, 0.2) is 9.84 Å². The van der Waals surface area contributed by atoms with Crippen molar-refractivity contribution in [1.82, 2.24) is 5.32 Å². The van der Waals surface area contributed by atoms with E-state index in [1.165, 1.54) is 16.7 Å². The second-order valence-corrected chi connectivity index (χ2v) is 10.2. The Kier molecular flexibility index (Phi) is 4.03. The van der Waals surface area contributed by atoms with Crippen molar-refractivity contribution in [2.75, 3.05) is 5.75 Å². The normalized spacial score (nSPS) is 24.9. The van der Waals surface area contributed by atoms with Crippen molar-refractivity contribution in [1.29, 1.82) is 0 Å². The Morgan fingerprint density at radius 2 is 1.91 bits per heavy atom. The van der Waals surface area contributed by atoms with Crippen molar-refractivity contribution < 1.29 is 13.2 Å². The smallest absolute Gasteiger partial charge is 0.251 e. The van der Waals surface area contributed by atoms with E-state index in [4.69, 9.17) is 0 Å². The molecule has 1 saturated heterocycles. The van der Waals surface area contributed by atoms with Crippen LogP contribution in [-0.4, -0.2) is 30.9 Å². The molecule has 0 aromatic heterocycles. The van der Waals surface area contributed by atoms with Crippen LogP contribution in [0.3, 0.4) is 0 Å². The number of carbonyl (C=O) groups excluding carboxylic acids is 1. The van der Waals surface area contributed by atoms with Crippen molar-refractivity contribution in [3.8, 4) is 0 Å².